The first-order valence-electron chi connectivity index (χ1n) is 8.09. The number of hydrogen-bond acceptors (Lipinski definition) is 4. The van der Waals surface area contributed by atoms with Crippen molar-refractivity contribution in [2.75, 3.05) is 0 Å². The Bertz CT molecular complexity index is 802. The zero-order valence-electron chi connectivity index (χ0n) is 14.1. The number of urea groups is 1. The molecular weight excluding hydrogens is 322 g/mol. The smallest absolute Gasteiger partial charge is 0.321 e. The predicted molar refractivity (Wildman–Crippen MR) is 96.2 cm³/mol. The van der Waals surface area contributed by atoms with Crippen molar-refractivity contribution in [3.63, 3.8) is 0 Å². The molecule has 1 aliphatic rings. The number of carbonyl (C=O) groups excluding carboxylic acids is 2. The van der Waals surface area contributed by atoms with E-state index in [0.29, 0.717) is 0 Å². The maximum absolute atomic E-state index is 12.2. The van der Waals surface area contributed by atoms with Crippen molar-refractivity contribution < 1.29 is 9.59 Å². The predicted octanol–water partition coefficient (Wildman–Crippen LogP) is 3.32. The molecule has 126 valence electrons. The van der Waals surface area contributed by atoms with E-state index in [1.165, 1.54) is 11.8 Å². The number of nitrogens with zero attached hydrogens (tertiary/aromatic N) is 1. The van der Waals surface area contributed by atoms with Gasteiger partial charge in [0.05, 0.1) is 15.8 Å². The molecule has 1 unspecified atom stereocenters. The highest BCUT2D eigenvalue weighted by Gasteiger charge is 2.25. The van der Waals surface area contributed by atoms with Crippen LogP contribution in [0, 0.1) is 13.8 Å². The molecule has 1 heterocycles. The van der Waals surface area contributed by atoms with Gasteiger partial charge < -0.3 is 5.32 Å². The van der Waals surface area contributed by atoms with Gasteiger partial charge in [-0.1, -0.05) is 30.0 Å². The average Bonchev–Trinajstić information content (AvgIpc) is 3.32. The van der Waals surface area contributed by atoms with Crippen molar-refractivity contribution in [2.45, 2.75) is 49.9 Å². The van der Waals surface area contributed by atoms with Crippen LogP contribution in [0.4, 0.5) is 4.79 Å². The molecule has 3 rings (SSSR count). The highest BCUT2D eigenvalue weighted by Crippen LogP contribution is 2.28. The van der Waals surface area contributed by atoms with Crippen molar-refractivity contribution >= 4 is 34.6 Å². The summed E-state index contributed by atoms with van der Waals surface area (Å²) in [5.74, 6) is -0.303. The number of fused-ring (bicyclic) bond motifs is 1. The number of rotatable bonds is 4. The SMILES string of the molecule is Cc1cc(SC(C)C(=O)NC(=O)NC2CC2)nc2c(C)cccc12. The summed E-state index contributed by atoms with van der Waals surface area (Å²) in [6.07, 6.45) is 1.98. The van der Waals surface area contributed by atoms with Crippen LogP contribution in [0.3, 0.4) is 0 Å². The Balaban J connectivity index is 1.70. The van der Waals surface area contributed by atoms with E-state index in [9.17, 15) is 9.59 Å². The third-order valence-electron chi connectivity index (χ3n) is 4.04. The zero-order valence-corrected chi connectivity index (χ0v) is 14.9. The number of carbonyl (C=O) groups is 2. The van der Waals surface area contributed by atoms with E-state index < -0.39 is 11.3 Å². The molecule has 0 radical (unpaired) electrons. The molecule has 1 aromatic carbocycles. The lowest BCUT2D eigenvalue weighted by molar-refractivity contribution is -0.119. The third-order valence-corrected chi connectivity index (χ3v) is 5.06. The van der Waals surface area contributed by atoms with Gasteiger partial charge in [-0.15, -0.1) is 0 Å². The lowest BCUT2D eigenvalue weighted by Gasteiger charge is -2.13. The summed E-state index contributed by atoms with van der Waals surface area (Å²) in [4.78, 5) is 28.5. The van der Waals surface area contributed by atoms with Crippen molar-refractivity contribution in [3.8, 4) is 0 Å². The van der Waals surface area contributed by atoms with Gasteiger partial charge in [-0.2, -0.15) is 0 Å². The third kappa shape index (κ3) is 3.87. The fraction of sp³-hybridized carbons (Fsp3) is 0.389. The summed E-state index contributed by atoms with van der Waals surface area (Å²) >= 11 is 1.36. The van der Waals surface area contributed by atoms with Gasteiger partial charge >= 0.3 is 6.03 Å². The fourth-order valence-corrected chi connectivity index (χ4v) is 3.41. The molecule has 6 heteroatoms. The average molecular weight is 343 g/mol. The lowest BCUT2D eigenvalue weighted by Crippen LogP contribution is -2.43. The van der Waals surface area contributed by atoms with Gasteiger partial charge in [0.25, 0.3) is 0 Å². The molecule has 2 N–H and O–H groups in total. The molecule has 3 amide bonds. The first-order valence-corrected chi connectivity index (χ1v) is 8.97. The van der Waals surface area contributed by atoms with Crippen LogP contribution in [0.5, 0.6) is 0 Å². The van der Waals surface area contributed by atoms with Crippen LogP contribution in [-0.2, 0) is 4.79 Å². The number of pyridine rings is 1. The van der Waals surface area contributed by atoms with Gasteiger partial charge in [-0.05, 0) is 50.8 Å². The van der Waals surface area contributed by atoms with E-state index in [0.717, 1.165) is 39.9 Å². The Kier molecular flexibility index (Phi) is 4.76. The van der Waals surface area contributed by atoms with Crippen LogP contribution in [-0.4, -0.2) is 28.2 Å². The first kappa shape index (κ1) is 16.8. The maximum atomic E-state index is 12.2. The van der Waals surface area contributed by atoms with Gasteiger partial charge in [0.1, 0.15) is 0 Å². The highest BCUT2D eigenvalue weighted by molar-refractivity contribution is 8.00. The van der Waals surface area contributed by atoms with Crippen molar-refractivity contribution in [3.05, 3.63) is 35.4 Å². The molecule has 1 aromatic heterocycles. The number of nitrogens with one attached hydrogen (secondary N) is 2. The monoisotopic (exact) mass is 343 g/mol. The number of imide groups is 1. The van der Waals surface area contributed by atoms with E-state index in [1.807, 2.05) is 32.0 Å². The van der Waals surface area contributed by atoms with Crippen molar-refractivity contribution in [1.29, 1.82) is 0 Å². The minimum atomic E-state index is -0.409. The molecule has 24 heavy (non-hydrogen) atoms. The molecule has 5 nitrogen and oxygen atoms in total. The Hall–Kier alpha value is -2.08. The number of benzene rings is 1. The molecule has 1 atom stereocenters. The summed E-state index contributed by atoms with van der Waals surface area (Å²) < 4.78 is 0. The van der Waals surface area contributed by atoms with Crippen LogP contribution >= 0.6 is 11.8 Å². The summed E-state index contributed by atoms with van der Waals surface area (Å²) in [6.45, 7) is 5.85. The van der Waals surface area contributed by atoms with Crippen LogP contribution in [0.1, 0.15) is 30.9 Å². The van der Waals surface area contributed by atoms with Gasteiger partial charge in [-0.25, -0.2) is 9.78 Å². The van der Waals surface area contributed by atoms with E-state index in [-0.39, 0.29) is 11.9 Å². The number of aromatic nitrogens is 1. The minimum Gasteiger partial charge on any atom is -0.335 e. The second-order valence-corrected chi connectivity index (χ2v) is 7.61. The van der Waals surface area contributed by atoms with Crippen molar-refractivity contribution in [1.82, 2.24) is 15.6 Å². The summed E-state index contributed by atoms with van der Waals surface area (Å²) in [5, 5.41) is 6.66. The maximum Gasteiger partial charge on any atom is 0.321 e. The second-order valence-electron chi connectivity index (χ2n) is 6.25. The first-order chi connectivity index (χ1) is 11.4. The van der Waals surface area contributed by atoms with Gasteiger partial charge in [0.2, 0.25) is 5.91 Å². The topological polar surface area (TPSA) is 71.1 Å². The molecule has 1 fully saturated rings. The summed E-state index contributed by atoms with van der Waals surface area (Å²) in [5.41, 5.74) is 3.20. The number of hydrogen-bond donors (Lipinski definition) is 2. The molecule has 2 aromatic rings. The van der Waals surface area contributed by atoms with E-state index >= 15 is 0 Å². The Morgan fingerprint density at radius 2 is 2.00 bits per heavy atom. The van der Waals surface area contributed by atoms with Gasteiger partial charge in [0, 0.05) is 11.4 Å². The lowest BCUT2D eigenvalue weighted by atomic mass is 10.1. The molecule has 1 aliphatic carbocycles. The van der Waals surface area contributed by atoms with Crippen LogP contribution in [0.2, 0.25) is 0 Å². The molecule has 0 saturated heterocycles. The zero-order chi connectivity index (χ0) is 17.3. The van der Waals surface area contributed by atoms with Crippen LogP contribution in [0.25, 0.3) is 10.9 Å². The second kappa shape index (κ2) is 6.81. The van der Waals surface area contributed by atoms with Crippen LogP contribution in [0.15, 0.2) is 29.3 Å². The normalized spacial score (nSPS) is 15.1. The van der Waals surface area contributed by atoms with Crippen molar-refractivity contribution in [2.24, 2.45) is 0 Å². The van der Waals surface area contributed by atoms with Crippen LogP contribution < -0.4 is 10.6 Å². The van der Waals surface area contributed by atoms with E-state index in [2.05, 4.69) is 21.7 Å². The minimum absolute atomic E-state index is 0.230. The molecule has 0 spiro atoms. The summed E-state index contributed by atoms with van der Waals surface area (Å²) in [7, 11) is 0. The molecule has 0 bridgehead atoms. The molecule has 0 aliphatic heterocycles. The number of thioether (sulfide) groups is 1. The fourth-order valence-electron chi connectivity index (χ4n) is 2.49. The Morgan fingerprint density at radius 1 is 1.25 bits per heavy atom. The Labute approximate surface area is 145 Å². The van der Waals surface area contributed by atoms with Gasteiger partial charge in [0.15, 0.2) is 0 Å². The van der Waals surface area contributed by atoms with E-state index in [1.54, 1.807) is 6.92 Å². The summed E-state index contributed by atoms with van der Waals surface area (Å²) in [6, 6.07) is 7.91. The largest absolute Gasteiger partial charge is 0.335 e. The van der Waals surface area contributed by atoms with Gasteiger partial charge in [-0.3, -0.25) is 10.1 Å². The molecule has 1 saturated carbocycles. The number of amides is 3. The number of para-hydroxylation sites is 1. The number of aryl methyl sites for hydroxylation is 2. The van der Waals surface area contributed by atoms with E-state index in [4.69, 9.17) is 0 Å². The highest BCUT2D eigenvalue weighted by atomic mass is 32.2. The standard InChI is InChI=1S/C18H21N3O2S/c1-10-5-4-6-14-11(2)9-15(20-16(10)14)24-12(3)17(22)21-18(23)19-13-7-8-13/h4-6,9,12-13H,7-8H2,1-3H3,(H2,19,21,22,23). The quantitative estimate of drug-likeness (QED) is 0.836. The Morgan fingerprint density at radius 3 is 2.71 bits per heavy atom. The molecular formula is C18H21N3O2S.